The molecule has 144 valence electrons. The number of imidazole rings is 2. The average molecular weight is 393 g/mol. The number of fused-ring (bicyclic) bond motifs is 1. The van der Waals surface area contributed by atoms with Crippen LogP contribution in [0.5, 0.6) is 0 Å². The molecule has 2 aromatic heterocycles. The molecule has 0 saturated carbocycles. The lowest BCUT2D eigenvalue weighted by atomic mass is 10.1. The summed E-state index contributed by atoms with van der Waals surface area (Å²) in [5.41, 5.74) is 6.79. The van der Waals surface area contributed by atoms with E-state index in [0.717, 1.165) is 21.9 Å². The van der Waals surface area contributed by atoms with Crippen LogP contribution in [-0.2, 0) is 6.54 Å². The van der Waals surface area contributed by atoms with Crippen LogP contribution >= 0.6 is 11.8 Å². The Hall–Kier alpha value is -2.57. The maximum absolute atomic E-state index is 10.6. The van der Waals surface area contributed by atoms with Gasteiger partial charge in [0.05, 0.1) is 30.0 Å². The second-order valence-electron chi connectivity index (χ2n) is 7.21. The Labute approximate surface area is 169 Å². The van der Waals surface area contributed by atoms with Gasteiger partial charge in [0, 0.05) is 23.8 Å². The van der Waals surface area contributed by atoms with Crippen molar-refractivity contribution in [2.45, 2.75) is 38.6 Å². The lowest BCUT2D eigenvalue weighted by Crippen LogP contribution is -2.18. The van der Waals surface area contributed by atoms with Gasteiger partial charge in [0.25, 0.3) is 0 Å². The molecule has 0 spiro atoms. The summed E-state index contributed by atoms with van der Waals surface area (Å²) >= 11 is 1.56. The number of rotatable bonds is 6. The number of thioether (sulfide) groups is 1. The zero-order chi connectivity index (χ0) is 19.7. The topological polar surface area (TPSA) is 55.9 Å². The highest BCUT2D eigenvalue weighted by atomic mass is 32.2. The molecule has 2 heterocycles. The van der Waals surface area contributed by atoms with Gasteiger partial charge in [0.2, 0.25) is 0 Å². The van der Waals surface area contributed by atoms with Crippen molar-refractivity contribution in [2.24, 2.45) is 0 Å². The first-order chi connectivity index (χ1) is 13.5. The fraction of sp³-hybridized carbons (Fsp3) is 0.273. The largest absolute Gasteiger partial charge is 0.390 e. The van der Waals surface area contributed by atoms with Crippen LogP contribution in [0.2, 0.25) is 0 Å². The van der Waals surface area contributed by atoms with Crippen LogP contribution in [0.4, 0.5) is 0 Å². The second kappa shape index (κ2) is 7.81. The predicted octanol–water partition coefficient (Wildman–Crippen LogP) is 4.30. The zero-order valence-corrected chi connectivity index (χ0v) is 17.1. The number of hydrogen-bond donors (Lipinski definition) is 1. The molecule has 0 amide bonds. The summed E-state index contributed by atoms with van der Waals surface area (Å²) in [6.45, 7) is 6.78. The Kier molecular flexibility index (Phi) is 5.24. The minimum absolute atomic E-state index is 0.494. The summed E-state index contributed by atoms with van der Waals surface area (Å²) in [6, 6.07) is 12.6. The van der Waals surface area contributed by atoms with E-state index in [0.29, 0.717) is 12.3 Å². The number of benzene rings is 2. The maximum atomic E-state index is 10.6. The van der Waals surface area contributed by atoms with Gasteiger partial charge in [-0.25, -0.2) is 9.97 Å². The Balaban J connectivity index is 1.45. The van der Waals surface area contributed by atoms with Gasteiger partial charge in [-0.3, -0.25) is 4.57 Å². The number of aromatic nitrogens is 4. The first kappa shape index (κ1) is 18.8. The number of aliphatic hydroxyl groups excluding tert-OH is 1. The highest BCUT2D eigenvalue weighted by Gasteiger charge is 2.13. The third-order valence-electron chi connectivity index (χ3n) is 4.94. The van der Waals surface area contributed by atoms with Crippen LogP contribution in [0.25, 0.3) is 16.7 Å². The molecule has 0 bridgehead atoms. The molecule has 0 aliphatic carbocycles. The van der Waals surface area contributed by atoms with Crippen LogP contribution in [-0.4, -0.2) is 36.1 Å². The molecule has 5 nitrogen and oxygen atoms in total. The van der Waals surface area contributed by atoms with Crippen molar-refractivity contribution in [1.29, 1.82) is 0 Å². The lowest BCUT2D eigenvalue weighted by Gasteiger charge is -2.13. The van der Waals surface area contributed by atoms with Crippen LogP contribution < -0.4 is 0 Å². The normalized spacial score (nSPS) is 12.6. The van der Waals surface area contributed by atoms with Crippen molar-refractivity contribution < 1.29 is 5.11 Å². The number of hydrogen-bond acceptors (Lipinski definition) is 4. The SMILES string of the molecule is Cc1cccc(-n2ccnc2SCC(O)Cn2cnc3cc(C)c(C)cc32)c1. The Morgan fingerprint density at radius 2 is 1.89 bits per heavy atom. The fourth-order valence-corrected chi connectivity index (χ4v) is 4.17. The molecule has 6 heteroatoms. The van der Waals surface area contributed by atoms with E-state index in [9.17, 15) is 5.11 Å². The van der Waals surface area contributed by atoms with E-state index < -0.39 is 6.10 Å². The van der Waals surface area contributed by atoms with E-state index in [1.807, 2.05) is 23.2 Å². The zero-order valence-electron chi connectivity index (χ0n) is 16.3. The van der Waals surface area contributed by atoms with E-state index >= 15 is 0 Å². The minimum atomic E-state index is -0.494. The molecule has 1 unspecified atom stereocenters. The van der Waals surface area contributed by atoms with Gasteiger partial charge in [0.15, 0.2) is 5.16 Å². The minimum Gasteiger partial charge on any atom is -0.390 e. The third kappa shape index (κ3) is 3.84. The Bertz CT molecular complexity index is 1110. The molecule has 0 saturated heterocycles. The van der Waals surface area contributed by atoms with Crippen molar-refractivity contribution in [2.75, 3.05) is 5.75 Å². The molecular formula is C22H24N4OS. The summed E-state index contributed by atoms with van der Waals surface area (Å²) < 4.78 is 4.09. The van der Waals surface area contributed by atoms with Crippen molar-refractivity contribution in [3.8, 4) is 5.69 Å². The summed E-state index contributed by atoms with van der Waals surface area (Å²) in [5, 5.41) is 11.5. The molecule has 4 aromatic rings. The standard InChI is InChI=1S/C22H24N4OS/c1-15-5-4-6-18(9-15)26-8-7-23-22(26)28-13-19(27)12-25-14-24-20-10-16(2)17(3)11-21(20)25/h4-11,14,19,27H,12-13H2,1-3H3. The van der Waals surface area contributed by atoms with Gasteiger partial charge in [-0.2, -0.15) is 0 Å². The van der Waals surface area contributed by atoms with E-state index in [1.165, 1.54) is 16.7 Å². The molecule has 0 radical (unpaired) electrons. The number of nitrogens with zero attached hydrogens (tertiary/aromatic N) is 4. The fourth-order valence-electron chi connectivity index (χ4n) is 3.28. The molecule has 2 aromatic carbocycles. The maximum Gasteiger partial charge on any atom is 0.172 e. The van der Waals surface area contributed by atoms with Gasteiger partial charge in [-0.15, -0.1) is 0 Å². The second-order valence-corrected chi connectivity index (χ2v) is 8.19. The number of aryl methyl sites for hydroxylation is 3. The average Bonchev–Trinajstić information content (AvgIpc) is 3.28. The van der Waals surface area contributed by atoms with Gasteiger partial charge >= 0.3 is 0 Å². The van der Waals surface area contributed by atoms with Gasteiger partial charge < -0.3 is 9.67 Å². The van der Waals surface area contributed by atoms with Crippen LogP contribution in [0.3, 0.4) is 0 Å². The van der Waals surface area contributed by atoms with E-state index in [1.54, 1.807) is 18.0 Å². The summed E-state index contributed by atoms with van der Waals surface area (Å²) in [4.78, 5) is 8.93. The number of aliphatic hydroxyl groups is 1. The summed E-state index contributed by atoms with van der Waals surface area (Å²) in [7, 11) is 0. The molecule has 0 fully saturated rings. The van der Waals surface area contributed by atoms with Crippen LogP contribution in [0, 0.1) is 20.8 Å². The molecule has 1 atom stereocenters. The van der Waals surface area contributed by atoms with E-state index in [4.69, 9.17) is 0 Å². The highest BCUT2D eigenvalue weighted by molar-refractivity contribution is 7.99. The smallest absolute Gasteiger partial charge is 0.172 e. The quantitative estimate of drug-likeness (QED) is 0.497. The lowest BCUT2D eigenvalue weighted by molar-refractivity contribution is 0.179. The Morgan fingerprint density at radius 1 is 1.07 bits per heavy atom. The predicted molar refractivity (Wildman–Crippen MR) is 114 cm³/mol. The van der Waals surface area contributed by atoms with Crippen molar-refractivity contribution in [3.05, 3.63) is 71.8 Å². The van der Waals surface area contributed by atoms with Gasteiger partial charge in [0.1, 0.15) is 0 Å². The molecule has 0 aliphatic rings. The molecular weight excluding hydrogens is 368 g/mol. The molecule has 0 aliphatic heterocycles. The first-order valence-electron chi connectivity index (χ1n) is 9.34. The van der Waals surface area contributed by atoms with Crippen LogP contribution in [0.1, 0.15) is 16.7 Å². The monoisotopic (exact) mass is 392 g/mol. The summed E-state index contributed by atoms with van der Waals surface area (Å²) in [5.74, 6) is 0.563. The van der Waals surface area contributed by atoms with Crippen molar-refractivity contribution >= 4 is 22.8 Å². The van der Waals surface area contributed by atoms with E-state index in [-0.39, 0.29) is 0 Å². The van der Waals surface area contributed by atoms with Crippen molar-refractivity contribution in [3.63, 3.8) is 0 Å². The molecule has 1 N–H and O–H groups in total. The van der Waals surface area contributed by atoms with Gasteiger partial charge in [-0.1, -0.05) is 23.9 Å². The Morgan fingerprint density at radius 3 is 2.71 bits per heavy atom. The molecule has 4 rings (SSSR count). The highest BCUT2D eigenvalue weighted by Crippen LogP contribution is 2.23. The summed E-state index contributed by atoms with van der Waals surface area (Å²) in [6.07, 6.45) is 5.07. The van der Waals surface area contributed by atoms with Gasteiger partial charge in [-0.05, 0) is 61.7 Å². The third-order valence-corrected chi connectivity index (χ3v) is 6.05. The van der Waals surface area contributed by atoms with Crippen molar-refractivity contribution in [1.82, 2.24) is 19.1 Å². The first-order valence-corrected chi connectivity index (χ1v) is 10.3. The molecule has 28 heavy (non-hydrogen) atoms. The van der Waals surface area contributed by atoms with E-state index in [2.05, 4.69) is 65.6 Å². The van der Waals surface area contributed by atoms with Crippen LogP contribution in [0.15, 0.2) is 60.3 Å².